The molecule has 23 nitrogen and oxygen atoms in total. The van der Waals surface area contributed by atoms with Crippen LogP contribution in [0.5, 0.6) is 34.5 Å². The van der Waals surface area contributed by atoms with Crippen LogP contribution in [0.25, 0.3) is 29.2 Å². The molecule has 0 saturated heterocycles. The summed E-state index contributed by atoms with van der Waals surface area (Å²) in [5.41, 5.74) is -1.60. The van der Waals surface area contributed by atoms with E-state index >= 15 is 0 Å². The quantitative estimate of drug-likeness (QED) is 0.0238. The fraction of sp³-hybridized carbons (Fsp3) is 0.220. The van der Waals surface area contributed by atoms with Crippen molar-refractivity contribution < 1.29 is 85.2 Å². The van der Waals surface area contributed by atoms with E-state index in [2.05, 4.69) is 27.4 Å². The second-order valence-electron chi connectivity index (χ2n) is 17.7. The summed E-state index contributed by atoms with van der Waals surface area (Å²) in [6.07, 6.45) is 6.75. The molecule has 3 heterocycles. The number of rotatable bonds is 12. The van der Waals surface area contributed by atoms with Gasteiger partial charge in [-0.1, -0.05) is 44.6 Å². The molecule has 2 aliphatic heterocycles. The number of aromatic hydroxyl groups is 4. The number of aliphatic hydroxyl groups is 1. The smallest absolute Gasteiger partial charge is 0.338 e. The van der Waals surface area contributed by atoms with Crippen LogP contribution in [0.1, 0.15) is 95.7 Å². The molecule has 3 atom stereocenters. The molecule has 0 unspecified atom stereocenters. The summed E-state index contributed by atoms with van der Waals surface area (Å²) in [6.45, 7) is 9.91. The molecule has 0 saturated carbocycles. The van der Waals surface area contributed by atoms with E-state index in [-0.39, 0.29) is 34.5 Å². The third kappa shape index (κ3) is 11.7. The standard InChI is InChI=1S/C28H20N4O14S2.C22H26O5/c33-17-9-19(27(37)38)25(21(35)11-17)31-29-15-5-3-13(23(7-15)47(41,42)43)1-2-14-4-6-16(8-24(14)48(44,45)46)30-32-26-20(28(39)40)10-18(34)12-22(26)36;1-6-7-13-10-15(23)26-21-16(13)20-14(8-9-22(4,5)27-20)19-17(21)18(24)11(2)12(3)25-19/h1-12,33-36H,(H,37,38)(H,39,40)(H,41,42,43)(H,44,45,46);8-12,18,24H,6-7H2,1-5H3/b2-1+,31-29?,32-30?;/t;11-,12-,18-/m.0/s1. The number of hydrogen-bond donors (Lipinski definition) is 9. The first-order valence-electron chi connectivity index (χ1n) is 22.3. The molecule has 0 spiro atoms. The predicted molar refractivity (Wildman–Crippen MR) is 268 cm³/mol. The van der Waals surface area contributed by atoms with Gasteiger partial charge in [0.2, 0.25) is 0 Å². The van der Waals surface area contributed by atoms with E-state index in [4.69, 9.17) is 13.9 Å². The van der Waals surface area contributed by atoms with Crippen LogP contribution in [0.4, 0.5) is 22.7 Å². The van der Waals surface area contributed by atoms with Gasteiger partial charge in [0.1, 0.15) is 67.4 Å². The maximum atomic E-state index is 12.3. The summed E-state index contributed by atoms with van der Waals surface area (Å²) in [7, 11) is -9.95. The highest BCUT2D eigenvalue weighted by molar-refractivity contribution is 7.86. The van der Waals surface area contributed by atoms with Gasteiger partial charge in [0.25, 0.3) is 20.2 Å². The predicted octanol–water partition coefficient (Wildman–Crippen LogP) is 9.78. The molecule has 2 aliphatic rings. The Bertz CT molecular complexity index is 3590. The summed E-state index contributed by atoms with van der Waals surface area (Å²) >= 11 is 0. The van der Waals surface area contributed by atoms with E-state index in [1.165, 1.54) is 18.2 Å². The molecule has 9 N–H and O–H groups in total. The molecule has 5 aromatic carbocycles. The Balaban J connectivity index is 0.000000255. The fourth-order valence-corrected chi connectivity index (χ4v) is 9.42. The number of phenolic OH excluding ortho intramolecular Hbond substituents is 4. The summed E-state index contributed by atoms with van der Waals surface area (Å²) in [6, 6.07) is 10.9. The van der Waals surface area contributed by atoms with Crippen molar-refractivity contribution >= 4 is 84.1 Å². The van der Waals surface area contributed by atoms with Crippen molar-refractivity contribution in [3.63, 3.8) is 0 Å². The average Bonchev–Trinajstić information content (AvgIpc) is 3.31. The SMILES string of the molecule is CCCc1cc(=O)oc2c3c(c4c(c12)OC(C)(C)C=C4)O[C@@H](C)[C@H](C)[C@@H]3O.O=C(O)c1cc(O)cc(O)c1N=Nc1ccc(/C=C/c2ccc(N=Nc3c(O)cc(O)cc3C(=O)O)cc2S(=O)(=O)O)c(S(=O)(=O)O)c1. The topological polar surface area (TPSA) is 383 Å². The first kappa shape index (κ1) is 54.3. The number of fused-ring (bicyclic) bond motifs is 6. The molecule has 25 heteroatoms. The number of carboxylic acids is 2. The molecular weight excluding hydrogens is 1020 g/mol. The van der Waals surface area contributed by atoms with E-state index < -0.39 is 105 Å². The minimum absolute atomic E-state index is 0.121. The summed E-state index contributed by atoms with van der Waals surface area (Å²) in [5, 5.41) is 84.1. The van der Waals surface area contributed by atoms with E-state index in [1.807, 2.05) is 39.8 Å². The van der Waals surface area contributed by atoms with Gasteiger partial charge >= 0.3 is 17.6 Å². The van der Waals surface area contributed by atoms with Crippen LogP contribution in [0.2, 0.25) is 0 Å². The van der Waals surface area contributed by atoms with Crippen molar-refractivity contribution in [1.82, 2.24) is 0 Å². The molecule has 0 fully saturated rings. The number of aromatic carboxylic acids is 2. The molecule has 0 aliphatic carbocycles. The lowest BCUT2D eigenvalue weighted by Crippen LogP contribution is -2.34. The van der Waals surface area contributed by atoms with Gasteiger partial charge in [-0.3, -0.25) is 9.11 Å². The number of hydrogen-bond acceptors (Lipinski definition) is 19. The van der Waals surface area contributed by atoms with Gasteiger partial charge in [-0.2, -0.15) is 27.1 Å². The third-order valence-corrected chi connectivity index (χ3v) is 13.6. The normalized spacial score (nSPS) is 17.0. The highest BCUT2D eigenvalue weighted by Gasteiger charge is 2.40. The molecule has 0 bridgehead atoms. The molecule has 75 heavy (non-hydrogen) atoms. The Morgan fingerprint density at radius 1 is 0.720 bits per heavy atom. The Morgan fingerprint density at radius 3 is 1.67 bits per heavy atom. The zero-order valence-electron chi connectivity index (χ0n) is 40.0. The number of phenols is 4. The van der Waals surface area contributed by atoms with Gasteiger partial charge in [-0.15, -0.1) is 10.2 Å². The Labute approximate surface area is 425 Å². The van der Waals surface area contributed by atoms with Crippen LogP contribution < -0.4 is 15.1 Å². The van der Waals surface area contributed by atoms with Crippen molar-refractivity contribution in [2.75, 3.05) is 0 Å². The van der Waals surface area contributed by atoms with Crippen LogP contribution >= 0.6 is 0 Å². The van der Waals surface area contributed by atoms with Gasteiger partial charge in [-0.25, -0.2) is 14.4 Å². The second kappa shape index (κ2) is 20.8. The number of ether oxygens (including phenoxy) is 2. The van der Waals surface area contributed by atoms with Crippen molar-refractivity contribution in [2.45, 2.75) is 75.1 Å². The number of aliphatic hydroxyl groups excluding tert-OH is 1. The second-order valence-corrected chi connectivity index (χ2v) is 20.4. The average molecular weight is 1070 g/mol. The van der Waals surface area contributed by atoms with Crippen LogP contribution in [0.3, 0.4) is 0 Å². The number of azo groups is 2. The van der Waals surface area contributed by atoms with Gasteiger partial charge in [-0.05, 0) is 92.4 Å². The van der Waals surface area contributed by atoms with Crippen LogP contribution in [-0.4, -0.2) is 85.3 Å². The number of aryl methyl sites for hydroxylation is 1. The van der Waals surface area contributed by atoms with E-state index in [1.54, 1.807) is 0 Å². The van der Waals surface area contributed by atoms with Crippen molar-refractivity contribution in [1.29, 1.82) is 0 Å². The molecular formula is C50H46N4O19S2. The lowest BCUT2D eigenvalue weighted by molar-refractivity contribution is 0.0172. The van der Waals surface area contributed by atoms with Crippen molar-refractivity contribution in [2.24, 2.45) is 26.4 Å². The first-order valence-corrected chi connectivity index (χ1v) is 25.2. The summed E-state index contributed by atoms with van der Waals surface area (Å²) < 4.78 is 86.5. The molecule has 392 valence electrons. The van der Waals surface area contributed by atoms with Crippen LogP contribution in [-0.2, 0) is 26.7 Å². The maximum Gasteiger partial charge on any atom is 0.338 e. The number of nitrogens with zero attached hydrogens (tertiary/aromatic N) is 4. The van der Waals surface area contributed by atoms with E-state index in [0.717, 1.165) is 90.0 Å². The number of carbonyl (C=O) groups is 2. The van der Waals surface area contributed by atoms with Crippen molar-refractivity contribution in [3.8, 4) is 34.5 Å². The van der Waals surface area contributed by atoms with Gasteiger partial charge in [0.15, 0.2) is 5.58 Å². The maximum absolute atomic E-state index is 12.3. The monoisotopic (exact) mass is 1070 g/mol. The molecule has 0 amide bonds. The lowest BCUT2D eigenvalue weighted by atomic mass is 9.85. The molecule has 6 aromatic rings. The highest BCUT2D eigenvalue weighted by Crippen LogP contribution is 2.52. The fourth-order valence-electron chi connectivity index (χ4n) is 8.01. The largest absolute Gasteiger partial charge is 0.508 e. The van der Waals surface area contributed by atoms with Gasteiger partial charge < -0.3 is 49.6 Å². The van der Waals surface area contributed by atoms with Crippen LogP contribution in [0.15, 0.2) is 112 Å². The third-order valence-electron chi connectivity index (χ3n) is 11.8. The van der Waals surface area contributed by atoms with Gasteiger partial charge in [0.05, 0.1) is 45.1 Å². The van der Waals surface area contributed by atoms with E-state index in [0.29, 0.717) is 22.6 Å². The van der Waals surface area contributed by atoms with E-state index in [9.17, 15) is 76.1 Å². The molecule has 1 aromatic heterocycles. The zero-order valence-corrected chi connectivity index (χ0v) is 41.7. The Hall–Kier alpha value is -8.49. The Morgan fingerprint density at radius 2 is 1.21 bits per heavy atom. The molecule has 0 radical (unpaired) electrons. The molecule has 8 rings (SSSR count). The first-order chi connectivity index (χ1) is 35.1. The summed E-state index contributed by atoms with van der Waals surface area (Å²) in [4.78, 5) is 33.7. The summed E-state index contributed by atoms with van der Waals surface area (Å²) in [5.74, 6) is -4.70. The Kier molecular flexibility index (Phi) is 15.0. The van der Waals surface area contributed by atoms with Crippen LogP contribution in [0, 0.1) is 5.92 Å². The highest BCUT2D eigenvalue weighted by atomic mass is 32.2. The lowest BCUT2D eigenvalue weighted by Gasteiger charge is -2.37. The number of carboxylic acid groups (broad SMARTS) is 2. The minimum Gasteiger partial charge on any atom is -0.508 e. The zero-order chi connectivity index (χ0) is 55.1. The minimum atomic E-state index is -4.98. The number of benzene rings is 5. The van der Waals surface area contributed by atoms with Gasteiger partial charge in [0, 0.05) is 24.1 Å². The van der Waals surface area contributed by atoms with Crippen molar-refractivity contribution in [3.05, 3.63) is 122 Å².